The summed E-state index contributed by atoms with van der Waals surface area (Å²) in [6, 6.07) is 0. The molecular formula is C29H44O7. The van der Waals surface area contributed by atoms with Crippen LogP contribution in [0.3, 0.4) is 0 Å². The van der Waals surface area contributed by atoms with Crippen molar-refractivity contribution in [3.63, 3.8) is 0 Å². The van der Waals surface area contributed by atoms with Crippen LogP contribution in [-0.4, -0.2) is 42.5 Å². The third-order valence-corrected chi connectivity index (χ3v) is 10.9. The normalized spacial score (nSPS) is 42.4. The molecule has 4 fully saturated rings. The Balaban J connectivity index is 1.66. The maximum atomic E-state index is 14.2. The summed E-state index contributed by atoms with van der Waals surface area (Å²) in [6.07, 6.45) is 7.38. The van der Waals surface area contributed by atoms with Crippen molar-refractivity contribution in [2.45, 2.75) is 111 Å². The van der Waals surface area contributed by atoms with Gasteiger partial charge in [0.1, 0.15) is 6.10 Å². The average Bonchev–Trinajstić information content (AvgIpc) is 3.16. The monoisotopic (exact) mass is 504 g/mol. The molecule has 202 valence electrons. The lowest BCUT2D eigenvalue weighted by Crippen LogP contribution is -2.69. The molecule has 0 heterocycles. The number of ketones is 1. The van der Waals surface area contributed by atoms with Gasteiger partial charge in [0, 0.05) is 38.5 Å². The molecule has 0 aromatic rings. The van der Waals surface area contributed by atoms with Crippen molar-refractivity contribution in [2.24, 2.45) is 40.4 Å². The van der Waals surface area contributed by atoms with Crippen LogP contribution in [0.5, 0.6) is 0 Å². The van der Waals surface area contributed by atoms with Crippen LogP contribution in [0.2, 0.25) is 0 Å². The average molecular weight is 505 g/mol. The highest BCUT2D eigenvalue weighted by atomic mass is 16.6. The van der Waals surface area contributed by atoms with Gasteiger partial charge < -0.3 is 14.2 Å². The Bertz CT molecular complexity index is 913. The molecule has 0 aromatic heterocycles. The fraction of sp³-hybridized carbons (Fsp3) is 0.862. The van der Waals surface area contributed by atoms with Crippen LogP contribution in [0.15, 0.2) is 0 Å². The lowest BCUT2D eigenvalue weighted by atomic mass is 9.42. The highest BCUT2D eigenvalue weighted by molar-refractivity contribution is 5.92. The van der Waals surface area contributed by atoms with E-state index in [9.17, 15) is 19.2 Å². The Morgan fingerprint density at radius 2 is 1.64 bits per heavy atom. The van der Waals surface area contributed by atoms with Crippen LogP contribution >= 0.6 is 0 Å². The minimum absolute atomic E-state index is 0.0188. The van der Waals surface area contributed by atoms with Crippen LogP contribution < -0.4 is 0 Å². The quantitative estimate of drug-likeness (QED) is 0.370. The first-order chi connectivity index (χ1) is 16.9. The largest absolute Gasteiger partial charge is 0.469 e. The minimum Gasteiger partial charge on any atom is -0.469 e. The second kappa shape index (κ2) is 9.75. The van der Waals surface area contributed by atoms with Crippen LogP contribution in [0.25, 0.3) is 0 Å². The first kappa shape index (κ1) is 27.1. The van der Waals surface area contributed by atoms with Crippen LogP contribution in [0.1, 0.15) is 98.8 Å². The van der Waals surface area contributed by atoms with E-state index in [2.05, 4.69) is 20.8 Å². The Kier molecular flexibility index (Phi) is 7.35. The molecule has 4 rings (SSSR count). The van der Waals surface area contributed by atoms with Gasteiger partial charge in [0.15, 0.2) is 11.4 Å². The maximum Gasteiger partial charge on any atom is 0.305 e. The summed E-state index contributed by atoms with van der Waals surface area (Å²) in [6.45, 7) is 9.66. The first-order valence-corrected chi connectivity index (χ1v) is 13.8. The zero-order chi connectivity index (χ0) is 26.5. The number of esters is 3. The molecule has 0 spiro atoms. The van der Waals surface area contributed by atoms with Gasteiger partial charge in [-0.25, -0.2) is 0 Å². The lowest BCUT2D eigenvalue weighted by molar-refractivity contribution is -0.233. The zero-order valence-corrected chi connectivity index (χ0v) is 22.9. The highest BCUT2D eigenvalue weighted by Gasteiger charge is 2.72. The fourth-order valence-electron chi connectivity index (χ4n) is 9.35. The summed E-state index contributed by atoms with van der Waals surface area (Å²) < 4.78 is 16.7. The van der Waals surface area contributed by atoms with Gasteiger partial charge in [-0.15, -0.1) is 0 Å². The van der Waals surface area contributed by atoms with Crippen molar-refractivity contribution in [1.29, 1.82) is 0 Å². The van der Waals surface area contributed by atoms with E-state index in [4.69, 9.17) is 14.2 Å². The molecule has 4 aliphatic carbocycles. The van der Waals surface area contributed by atoms with Gasteiger partial charge in [-0.1, -0.05) is 20.8 Å². The molecule has 4 saturated carbocycles. The van der Waals surface area contributed by atoms with Crippen LogP contribution in [0, 0.1) is 40.4 Å². The minimum atomic E-state index is -1.09. The smallest absolute Gasteiger partial charge is 0.305 e. The number of carbonyl (C=O) groups is 4. The predicted octanol–water partition coefficient (Wildman–Crippen LogP) is 5.03. The number of carbonyl (C=O) groups excluding carboxylic acids is 4. The Morgan fingerprint density at radius 1 is 0.972 bits per heavy atom. The van der Waals surface area contributed by atoms with Crippen molar-refractivity contribution in [1.82, 2.24) is 0 Å². The van der Waals surface area contributed by atoms with E-state index in [1.165, 1.54) is 21.0 Å². The van der Waals surface area contributed by atoms with Crippen molar-refractivity contribution in [3.8, 4) is 0 Å². The Hall–Kier alpha value is -1.92. The molecule has 0 saturated heterocycles. The van der Waals surface area contributed by atoms with Crippen molar-refractivity contribution in [2.75, 3.05) is 7.11 Å². The maximum absolute atomic E-state index is 14.2. The summed E-state index contributed by atoms with van der Waals surface area (Å²) in [4.78, 5) is 50.1. The van der Waals surface area contributed by atoms with E-state index < -0.39 is 5.60 Å². The van der Waals surface area contributed by atoms with E-state index >= 15 is 0 Å². The number of methoxy groups -OCH3 is 1. The van der Waals surface area contributed by atoms with Gasteiger partial charge in [0.05, 0.1) is 7.11 Å². The van der Waals surface area contributed by atoms with Crippen molar-refractivity contribution < 1.29 is 33.4 Å². The van der Waals surface area contributed by atoms with Gasteiger partial charge >= 0.3 is 17.9 Å². The Labute approximate surface area is 215 Å². The van der Waals surface area contributed by atoms with Gasteiger partial charge in [-0.2, -0.15) is 0 Å². The van der Waals surface area contributed by atoms with E-state index in [-0.39, 0.29) is 58.4 Å². The molecule has 1 unspecified atom stereocenters. The molecule has 0 aromatic carbocycles. The number of hydrogen-bond donors (Lipinski definition) is 0. The molecule has 7 heteroatoms. The second-order valence-corrected chi connectivity index (χ2v) is 12.6. The van der Waals surface area contributed by atoms with E-state index in [0.29, 0.717) is 31.1 Å². The molecule has 0 radical (unpaired) electrons. The zero-order valence-electron chi connectivity index (χ0n) is 22.9. The van der Waals surface area contributed by atoms with Gasteiger partial charge in [-0.3, -0.25) is 19.2 Å². The van der Waals surface area contributed by atoms with Gasteiger partial charge in [-0.05, 0) is 80.0 Å². The molecule has 9 atom stereocenters. The Morgan fingerprint density at radius 3 is 2.28 bits per heavy atom. The molecule has 4 aliphatic rings. The van der Waals surface area contributed by atoms with E-state index in [1.807, 2.05) is 0 Å². The fourth-order valence-corrected chi connectivity index (χ4v) is 9.35. The predicted molar refractivity (Wildman–Crippen MR) is 133 cm³/mol. The van der Waals surface area contributed by atoms with E-state index in [0.717, 1.165) is 44.9 Å². The number of hydrogen-bond acceptors (Lipinski definition) is 7. The van der Waals surface area contributed by atoms with Gasteiger partial charge in [0.2, 0.25) is 0 Å². The molecular weight excluding hydrogens is 460 g/mol. The summed E-state index contributed by atoms with van der Waals surface area (Å²) in [5.41, 5.74) is -1.36. The highest BCUT2D eigenvalue weighted by Crippen LogP contribution is 2.70. The molecule has 7 nitrogen and oxygen atoms in total. The molecule has 0 N–H and O–H groups in total. The third-order valence-electron chi connectivity index (χ3n) is 10.9. The molecule has 0 bridgehead atoms. The molecule has 36 heavy (non-hydrogen) atoms. The number of Topliss-reactive ketones (excluding diaryl/α,β-unsaturated/α-hetero) is 1. The molecule has 0 amide bonds. The third kappa shape index (κ3) is 4.28. The summed E-state index contributed by atoms with van der Waals surface area (Å²) >= 11 is 0. The lowest BCUT2D eigenvalue weighted by Gasteiger charge is -2.64. The number of fused-ring (bicyclic) bond motifs is 5. The summed E-state index contributed by atoms with van der Waals surface area (Å²) in [5, 5.41) is 0. The summed E-state index contributed by atoms with van der Waals surface area (Å²) in [7, 11) is 1.42. The van der Waals surface area contributed by atoms with Gasteiger partial charge in [0.25, 0.3) is 0 Å². The van der Waals surface area contributed by atoms with E-state index in [1.54, 1.807) is 0 Å². The second-order valence-electron chi connectivity index (χ2n) is 12.6. The number of ether oxygens (including phenoxy) is 3. The number of rotatable bonds is 6. The standard InChI is InChI=1S/C29H44O7/c1-17(7-10-26(33)34-6)22-8-9-23-28(22,5)14-12-24-27(4)13-11-21(35-18(2)30)15-20(27)16-25(32)29(23,24)36-19(3)31/h17,20-24H,7-16H2,1-6H3/t17-,20?,21-,22-,23-,24-,27+,28-,29-/m1/s1. The van der Waals surface area contributed by atoms with Crippen molar-refractivity contribution in [3.05, 3.63) is 0 Å². The van der Waals surface area contributed by atoms with Crippen LogP contribution in [-0.2, 0) is 33.4 Å². The van der Waals surface area contributed by atoms with Crippen LogP contribution in [0.4, 0.5) is 0 Å². The topological polar surface area (TPSA) is 96.0 Å². The first-order valence-electron chi connectivity index (χ1n) is 13.8. The SMILES string of the molecule is COC(=O)CC[C@@H](C)[C@H]1CC[C@@H]2[C@]1(C)CC[C@H]1[C@@]2(OC(C)=O)C(=O)CC2C[C@H](OC(C)=O)CC[C@@]21C. The molecule has 0 aliphatic heterocycles. The summed E-state index contributed by atoms with van der Waals surface area (Å²) in [5.74, 6) is -0.0283. The van der Waals surface area contributed by atoms with Crippen molar-refractivity contribution >= 4 is 23.7 Å².